The fourth-order valence-corrected chi connectivity index (χ4v) is 1.99. The normalized spacial score (nSPS) is 10.2. The van der Waals surface area contributed by atoms with Crippen molar-refractivity contribution in [3.63, 3.8) is 0 Å². The lowest BCUT2D eigenvalue weighted by Gasteiger charge is -2.05. The van der Waals surface area contributed by atoms with Gasteiger partial charge in [0.05, 0.1) is 6.42 Å². The van der Waals surface area contributed by atoms with Crippen molar-refractivity contribution in [2.45, 2.75) is 12.8 Å². The lowest BCUT2D eigenvalue weighted by Crippen LogP contribution is -2.27. The van der Waals surface area contributed by atoms with Crippen molar-refractivity contribution in [2.75, 3.05) is 6.54 Å². The number of benzene rings is 1. The highest BCUT2D eigenvalue weighted by molar-refractivity contribution is 9.10. The van der Waals surface area contributed by atoms with Crippen LogP contribution in [0.5, 0.6) is 0 Å². The Kier molecular flexibility index (Phi) is 5.10. The number of amides is 1. The average Bonchev–Trinajstić information content (AvgIpc) is 2.43. The van der Waals surface area contributed by atoms with Crippen LogP contribution in [-0.2, 0) is 17.6 Å². The first-order chi connectivity index (χ1) is 9.24. The van der Waals surface area contributed by atoms with Crippen molar-refractivity contribution >= 4 is 21.8 Å². The molecule has 1 N–H and O–H groups in total. The van der Waals surface area contributed by atoms with Crippen LogP contribution in [0.25, 0.3) is 0 Å². The van der Waals surface area contributed by atoms with Crippen molar-refractivity contribution in [1.82, 2.24) is 10.3 Å². The summed E-state index contributed by atoms with van der Waals surface area (Å²) in [5.74, 6) is 0.0400. The SMILES string of the molecule is O=C(Cc1ccc(Br)cc1)NCCc1ccccn1. The maximum atomic E-state index is 11.7. The number of aromatic nitrogens is 1. The molecule has 0 radical (unpaired) electrons. The zero-order valence-electron chi connectivity index (χ0n) is 10.5. The maximum Gasteiger partial charge on any atom is 0.224 e. The standard InChI is InChI=1S/C15H15BrN2O/c16-13-6-4-12(5-7-13)11-15(19)18-10-8-14-3-1-2-9-17-14/h1-7,9H,8,10-11H2,(H,18,19). The molecule has 0 aliphatic rings. The predicted octanol–water partition coefficient (Wildman–Crippen LogP) is 2.75. The number of carbonyl (C=O) groups is 1. The van der Waals surface area contributed by atoms with E-state index in [0.29, 0.717) is 13.0 Å². The smallest absolute Gasteiger partial charge is 0.224 e. The van der Waals surface area contributed by atoms with Gasteiger partial charge in [0.25, 0.3) is 0 Å². The number of nitrogens with one attached hydrogen (secondary N) is 1. The summed E-state index contributed by atoms with van der Waals surface area (Å²) in [6, 6.07) is 13.6. The average molecular weight is 319 g/mol. The molecule has 1 amide bonds. The van der Waals surface area contributed by atoms with Crippen molar-refractivity contribution in [3.8, 4) is 0 Å². The Morgan fingerprint density at radius 2 is 1.95 bits per heavy atom. The monoisotopic (exact) mass is 318 g/mol. The maximum absolute atomic E-state index is 11.7. The lowest BCUT2D eigenvalue weighted by molar-refractivity contribution is -0.120. The Hall–Kier alpha value is -1.68. The molecule has 19 heavy (non-hydrogen) atoms. The van der Waals surface area contributed by atoms with Crippen LogP contribution >= 0.6 is 15.9 Å². The van der Waals surface area contributed by atoms with Crippen molar-refractivity contribution in [2.24, 2.45) is 0 Å². The van der Waals surface area contributed by atoms with E-state index < -0.39 is 0 Å². The van der Waals surface area contributed by atoms with E-state index in [0.717, 1.165) is 22.2 Å². The first-order valence-corrected chi connectivity index (χ1v) is 6.94. The van der Waals surface area contributed by atoms with E-state index >= 15 is 0 Å². The molecule has 2 aromatic rings. The summed E-state index contributed by atoms with van der Waals surface area (Å²) in [5.41, 5.74) is 2.00. The fraction of sp³-hybridized carbons (Fsp3) is 0.200. The van der Waals surface area contributed by atoms with E-state index in [1.807, 2.05) is 42.5 Å². The minimum Gasteiger partial charge on any atom is -0.355 e. The molecule has 4 heteroatoms. The first-order valence-electron chi connectivity index (χ1n) is 6.15. The van der Waals surface area contributed by atoms with E-state index in [1.165, 1.54) is 0 Å². The van der Waals surface area contributed by atoms with Crippen molar-refractivity contribution in [1.29, 1.82) is 0 Å². The highest BCUT2D eigenvalue weighted by Crippen LogP contribution is 2.10. The van der Waals surface area contributed by atoms with Crippen LogP contribution in [0.1, 0.15) is 11.3 Å². The first kappa shape index (κ1) is 13.7. The van der Waals surface area contributed by atoms with Gasteiger partial charge in [0.15, 0.2) is 0 Å². The molecule has 0 fully saturated rings. The zero-order chi connectivity index (χ0) is 13.5. The van der Waals surface area contributed by atoms with Gasteiger partial charge in [0.1, 0.15) is 0 Å². The lowest BCUT2D eigenvalue weighted by atomic mass is 10.1. The molecule has 1 aromatic carbocycles. The molecular formula is C15H15BrN2O. The van der Waals surface area contributed by atoms with Crippen molar-refractivity contribution in [3.05, 3.63) is 64.4 Å². The predicted molar refractivity (Wildman–Crippen MR) is 78.8 cm³/mol. The van der Waals surface area contributed by atoms with Gasteiger partial charge >= 0.3 is 0 Å². The van der Waals surface area contributed by atoms with Gasteiger partial charge in [-0.2, -0.15) is 0 Å². The second kappa shape index (κ2) is 7.04. The molecule has 98 valence electrons. The topological polar surface area (TPSA) is 42.0 Å². The van der Waals surface area contributed by atoms with Crippen LogP contribution in [-0.4, -0.2) is 17.4 Å². The van der Waals surface area contributed by atoms with Gasteiger partial charge in [0, 0.05) is 29.3 Å². The van der Waals surface area contributed by atoms with Gasteiger partial charge in [-0.25, -0.2) is 0 Å². The van der Waals surface area contributed by atoms with Gasteiger partial charge in [-0.3, -0.25) is 9.78 Å². The summed E-state index contributed by atoms with van der Waals surface area (Å²) in [5, 5.41) is 2.90. The molecule has 0 bridgehead atoms. The minimum absolute atomic E-state index is 0.0400. The summed E-state index contributed by atoms with van der Waals surface area (Å²) in [6.07, 6.45) is 2.93. The molecule has 2 rings (SSSR count). The fourth-order valence-electron chi connectivity index (χ4n) is 1.73. The molecule has 0 saturated heterocycles. The third-order valence-corrected chi connectivity index (χ3v) is 3.24. The summed E-state index contributed by atoms with van der Waals surface area (Å²) >= 11 is 3.37. The molecule has 0 saturated carbocycles. The van der Waals surface area contributed by atoms with Crippen LogP contribution in [0, 0.1) is 0 Å². The number of pyridine rings is 1. The molecule has 0 spiro atoms. The largest absolute Gasteiger partial charge is 0.355 e. The Labute approximate surface area is 121 Å². The molecule has 0 unspecified atom stereocenters. The van der Waals surface area contributed by atoms with Crippen LogP contribution in [0.4, 0.5) is 0 Å². The summed E-state index contributed by atoms with van der Waals surface area (Å²) in [4.78, 5) is 16.0. The molecule has 0 aliphatic carbocycles. The van der Waals surface area contributed by atoms with Gasteiger partial charge in [-0.1, -0.05) is 34.1 Å². The Morgan fingerprint density at radius 1 is 1.16 bits per heavy atom. The zero-order valence-corrected chi connectivity index (χ0v) is 12.1. The second-order valence-electron chi connectivity index (χ2n) is 4.22. The molecule has 0 aliphatic heterocycles. The quantitative estimate of drug-likeness (QED) is 0.921. The van der Waals surface area contributed by atoms with Crippen molar-refractivity contribution < 1.29 is 4.79 Å². The van der Waals surface area contributed by atoms with Crippen LogP contribution in [0.3, 0.4) is 0 Å². The molecule has 1 aromatic heterocycles. The minimum atomic E-state index is 0.0400. The van der Waals surface area contributed by atoms with E-state index in [-0.39, 0.29) is 5.91 Å². The van der Waals surface area contributed by atoms with Crippen LogP contribution in [0.2, 0.25) is 0 Å². The number of rotatable bonds is 5. The molecule has 3 nitrogen and oxygen atoms in total. The summed E-state index contributed by atoms with van der Waals surface area (Å²) < 4.78 is 1.02. The van der Waals surface area contributed by atoms with Crippen LogP contribution < -0.4 is 5.32 Å². The Balaban J connectivity index is 1.74. The van der Waals surface area contributed by atoms with E-state index in [9.17, 15) is 4.79 Å². The molecular weight excluding hydrogens is 304 g/mol. The number of hydrogen-bond acceptors (Lipinski definition) is 2. The second-order valence-corrected chi connectivity index (χ2v) is 5.14. The van der Waals surface area contributed by atoms with E-state index in [2.05, 4.69) is 26.2 Å². The number of halogens is 1. The third kappa shape index (κ3) is 4.83. The number of carbonyl (C=O) groups excluding carboxylic acids is 1. The number of hydrogen-bond donors (Lipinski definition) is 1. The highest BCUT2D eigenvalue weighted by Gasteiger charge is 2.03. The Morgan fingerprint density at radius 3 is 2.63 bits per heavy atom. The summed E-state index contributed by atoms with van der Waals surface area (Å²) in [7, 11) is 0. The van der Waals surface area contributed by atoms with E-state index in [4.69, 9.17) is 0 Å². The van der Waals surface area contributed by atoms with Gasteiger partial charge in [-0.05, 0) is 29.8 Å². The Bertz CT molecular complexity index is 526. The molecule has 1 heterocycles. The van der Waals surface area contributed by atoms with Crippen LogP contribution in [0.15, 0.2) is 53.1 Å². The van der Waals surface area contributed by atoms with Gasteiger partial charge in [0.2, 0.25) is 5.91 Å². The van der Waals surface area contributed by atoms with Gasteiger partial charge in [-0.15, -0.1) is 0 Å². The highest BCUT2D eigenvalue weighted by atomic mass is 79.9. The van der Waals surface area contributed by atoms with E-state index in [1.54, 1.807) is 6.20 Å². The molecule has 0 atom stereocenters. The third-order valence-electron chi connectivity index (χ3n) is 2.71. The summed E-state index contributed by atoms with van der Waals surface area (Å²) in [6.45, 7) is 0.617. The number of nitrogens with zero attached hydrogens (tertiary/aromatic N) is 1. The van der Waals surface area contributed by atoms with Gasteiger partial charge < -0.3 is 5.32 Å².